The van der Waals surface area contributed by atoms with E-state index in [-0.39, 0.29) is 5.82 Å². The van der Waals surface area contributed by atoms with Crippen molar-refractivity contribution in [1.29, 1.82) is 0 Å². The Morgan fingerprint density at radius 2 is 1.75 bits per heavy atom. The summed E-state index contributed by atoms with van der Waals surface area (Å²) in [4.78, 5) is 4.86. The van der Waals surface area contributed by atoms with E-state index in [0.717, 1.165) is 45.0 Å². The van der Waals surface area contributed by atoms with Gasteiger partial charge in [-0.25, -0.2) is 4.39 Å². The lowest BCUT2D eigenvalue weighted by molar-refractivity contribution is 0.254. The van der Waals surface area contributed by atoms with E-state index in [1.54, 1.807) is 12.1 Å². The number of hydrogen-bond acceptors (Lipinski definition) is 3. The molecule has 0 saturated carbocycles. The molecule has 0 bridgehead atoms. The number of anilines is 1. The first-order valence-electron chi connectivity index (χ1n) is 7.73. The molecule has 0 atom stereocenters. The second kappa shape index (κ2) is 8.22. The predicted octanol–water partition coefficient (Wildman–Crippen LogP) is 2.34. The van der Waals surface area contributed by atoms with Gasteiger partial charge in [-0.3, -0.25) is 4.90 Å². The SMILES string of the molecule is CCCNCCCN1CCN(c2ccc(F)cc2)CC1. The molecule has 0 aliphatic carbocycles. The Bertz CT molecular complexity index is 372. The van der Waals surface area contributed by atoms with Crippen LogP contribution in [0.25, 0.3) is 0 Å². The average molecular weight is 279 g/mol. The number of hydrogen-bond donors (Lipinski definition) is 1. The minimum Gasteiger partial charge on any atom is -0.369 e. The van der Waals surface area contributed by atoms with E-state index in [1.807, 2.05) is 12.1 Å². The molecule has 4 heteroatoms. The lowest BCUT2D eigenvalue weighted by Crippen LogP contribution is -2.47. The van der Waals surface area contributed by atoms with Gasteiger partial charge in [0.15, 0.2) is 0 Å². The fraction of sp³-hybridized carbons (Fsp3) is 0.625. The fourth-order valence-corrected chi connectivity index (χ4v) is 2.61. The Kier molecular flexibility index (Phi) is 6.27. The first kappa shape index (κ1) is 15.3. The maximum absolute atomic E-state index is 12.9. The second-order valence-corrected chi connectivity index (χ2v) is 5.41. The molecule has 1 heterocycles. The van der Waals surface area contributed by atoms with Crippen LogP contribution in [0.5, 0.6) is 0 Å². The first-order chi connectivity index (χ1) is 9.79. The molecule has 2 rings (SSSR count). The normalized spacial score (nSPS) is 16.6. The zero-order valence-corrected chi connectivity index (χ0v) is 12.4. The summed E-state index contributed by atoms with van der Waals surface area (Å²) < 4.78 is 12.9. The highest BCUT2D eigenvalue weighted by Crippen LogP contribution is 2.16. The molecule has 3 nitrogen and oxygen atoms in total. The fourth-order valence-electron chi connectivity index (χ4n) is 2.61. The molecule has 1 aromatic rings. The monoisotopic (exact) mass is 279 g/mol. The van der Waals surface area contributed by atoms with Gasteiger partial charge in [0, 0.05) is 31.9 Å². The topological polar surface area (TPSA) is 18.5 Å². The van der Waals surface area contributed by atoms with Gasteiger partial charge in [-0.05, 0) is 56.7 Å². The van der Waals surface area contributed by atoms with E-state index < -0.39 is 0 Å². The largest absolute Gasteiger partial charge is 0.369 e. The molecule has 1 aliphatic rings. The van der Waals surface area contributed by atoms with Crippen LogP contribution >= 0.6 is 0 Å². The Hall–Kier alpha value is -1.13. The number of halogens is 1. The number of nitrogens with zero attached hydrogens (tertiary/aromatic N) is 2. The molecule has 0 spiro atoms. The Balaban J connectivity index is 1.66. The van der Waals surface area contributed by atoms with Crippen LogP contribution in [0.1, 0.15) is 19.8 Å². The molecule has 0 radical (unpaired) electrons. The quantitative estimate of drug-likeness (QED) is 0.773. The van der Waals surface area contributed by atoms with Gasteiger partial charge in [-0.2, -0.15) is 0 Å². The van der Waals surface area contributed by atoms with Crippen LogP contribution in [0.4, 0.5) is 10.1 Å². The van der Waals surface area contributed by atoms with Gasteiger partial charge in [0.25, 0.3) is 0 Å². The summed E-state index contributed by atoms with van der Waals surface area (Å²) in [6.07, 6.45) is 2.42. The lowest BCUT2D eigenvalue weighted by Gasteiger charge is -2.36. The van der Waals surface area contributed by atoms with Crippen molar-refractivity contribution < 1.29 is 4.39 Å². The van der Waals surface area contributed by atoms with Crippen LogP contribution in [0.2, 0.25) is 0 Å². The van der Waals surface area contributed by atoms with E-state index >= 15 is 0 Å². The lowest BCUT2D eigenvalue weighted by atomic mass is 10.2. The average Bonchev–Trinajstić information content (AvgIpc) is 2.49. The summed E-state index contributed by atoms with van der Waals surface area (Å²) in [6.45, 7) is 9.89. The van der Waals surface area contributed by atoms with E-state index in [2.05, 4.69) is 22.0 Å². The number of rotatable bonds is 7. The van der Waals surface area contributed by atoms with Gasteiger partial charge < -0.3 is 10.2 Å². The van der Waals surface area contributed by atoms with Crippen molar-refractivity contribution in [2.75, 3.05) is 50.7 Å². The van der Waals surface area contributed by atoms with Gasteiger partial charge in [-0.15, -0.1) is 0 Å². The third kappa shape index (κ3) is 4.76. The molecule has 1 aliphatic heterocycles. The molecular weight excluding hydrogens is 253 g/mol. The predicted molar refractivity (Wildman–Crippen MR) is 82.8 cm³/mol. The van der Waals surface area contributed by atoms with Crippen molar-refractivity contribution in [3.05, 3.63) is 30.1 Å². The van der Waals surface area contributed by atoms with Gasteiger partial charge >= 0.3 is 0 Å². The van der Waals surface area contributed by atoms with E-state index in [1.165, 1.54) is 19.4 Å². The van der Waals surface area contributed by atoms with Gasteiger partial charge in [0.2, 0.25) is 0 Å². The van der Waals surface area contributed by atoms with Crippen molar-refractivity contribution in [1.82, 2.24) is 10.2 Å². The molecule has 0 aromatic heterocycles. The third-order valence-corrected chi connectivity index (χ3v) is 3.82. The Morgan fingerprint density at radius 1 is 1.05 bits per heavy atom. The number of piperazine rings is 1. The van der Waals surface area contributed by atoms with E-state index in [9.17, 15) is 4.39 Å². The molecule has 20 heavy (non-hydrogen) atoms. The van der Waals surface area contributed by atoms with Gasteiger partial charge in [-0.1, -0.05) is 6.92 Å². The van der Waals surface area contributed by atoms with Crippen LogP contribution in [-0.2, 0) is 0 Å². The number of nitrogens with one attached hydrogen (secondary N) is 1. The molecule has 1 saturated heterocycles. The minimum absolute atomic E-state index is 0.160. The van der Waals surface area contributed by atoms with Crippen molar-refractivity contribution in [3.63, 3.8) is 0 Å². The molecule has 0 amide bonds. The summed E-state index contributed by atoms with van der Waals surface area (Å²) in [5.41, 5.74) is 1.13. The van der Waals surface area contributed by atoms with Crippen molar-refractivity contribution in [2.24, 2.45) is 0 Å². The molecule has 1 N–H and O–H groups in total. The summed E-state index contributed by atoms with van der Waals surface area (Å²) in [5, 5.41) is 3.44. The van der Waals surface area contributed by atoms with Crippen LogP contribution in [0, 0.1) is 5.82 Å². The van der Waals surface area contributed by atoms with Gasteiger partial charge in [0.1, 0.15) is 5.82 Å². The molecule has 1 aromatic carbocycles. The zero-order chi connectivity index (χ0) is 14.2. The van der Waals surface area contributed by atoms with Gasteiger partial charge in [0.05, 0.1) is 0 Å². The maximum Gasteiger partial charge on any atom is 0.123 e. The molecule has 112 valence electrons. The van der Waals surface area contributed by atoms with Crippen LogP contribution in [0.15, 0.2) is 24.3 Å². The minimum atomic E-state index is -0.160. The Morgan fingerprint density at radius 3 is 2.40 bits per heavy atom. The second-order valence-electron chi connectivity index (χ2n) is 5.41. The number of benzene rings is 1. The highest BCUT2D eigenvalue weighted by molar-refractivity contribution is 5.46. The van der Waals surface area contributed by atoms with Crippen LogP contribution < -0.4 is 10.2 Å². The highest BCUT2D eigenvalue weighted by atomic mass is 19.1. The van der Waals surface area contributed by atoms with E-state index in [0.29, 0.717) is 0 Å². The highest BCUT2D eigenvalue weighted by Gasteiger charge is 2.16. The molecular formula is C16H26FN3. The maximum atomic E-state index is 12.9. The smallest absolute Gasteiger partial charge is 0.123 e. The van der Waals surface area contributed by atoms with Crippen molar-refractivity contribution >= 4 is 5.69 Å². The van der Waals surface area contributed by atoms with Crippen LogP contribution in [0.3, 0.4) is 0 Å². The van der Waals surface area contributed by atoms with Crippen molar-refractivity contribution in [3.8, 4) is 0 Å². The van der Waals surface area contributed by atoms with Crippen molar-refractivity contribution in [2.45, 2.75) is 19.8 Å². The Labute approximate surface area is 121 Å². The van der Waals surface area contributed by atoms with E-state index in [4.69, 9.17) is 0 Å². The molecule has 1 fully saturated rings. The summed E-state index contributed by atoms with van der Waals surface area (Å²) in [6, 6.07) is 6.83. The first-order valence-corrected chi connectivity index (χ1v) is 7.73. The standard InChI is InChI=1S/C16H26FN3/c1-2-8-18-9-3-10-19-11-13-20(14-12-19)16-6-4-15(17)5-7-16/h4-7,18H,2-3,8-14H2,1H3. The zero-order valence-electron chi connectivity index (χ0n) is 12.4. The van der Waals surface area contributed by atoms with Crippen LogP contribution in [-0.4, -0.2) is 50.7 Å². The summed E-state index contributed by atoms with van der Waals surface area (Å²) >= 11 is 0. The molecule has 0 unspecified atom stereocenters. The third-order valence-electron chi connectivity index (χ3n) is 3.82. The summed E-state index contributed by atoms with van der Waals surface area (Å²) in [7, 11) is 0. The summed E-state index contributed by atoms with van der Waals surface area (Å²) in [5.74, 6) is -0.160.